The first-order valence-corrected chi connectivity index (χ1v) is 11.2. The molecule has 4 nitrogen and oxygen atoms in total. The molecular weight excluding hydrogens is 421 g/mol. The molecule has 1 atom stereocenters. The highest BCUT2D eigenvalue weighted by Crippen LogP contribution is 2.47. The molecule has 1 aliphatic heterocycles. The van der Waals surface area contributed by atoms with E-state index in [-0.39, 0.29) is 38.4 Å². The van der Waals surface area contributed by atoms with Crippen LogP contribution < -0.4 is 5.32 Å². The lowest BCUT2D eigenvalue weighted by atomic mass is 9.90. The van der Waals surface area contributed by atoms with Gasteiger partial charge in [0.15, 0.2) is 0 Å². The standard InChI is InChI=1S/C20H15ClFNO3S2/c1-11-5-7-12(8-6-11)28(25,26)16-10-27-20-13(9-17(24)23-19(16)20)18-14(21)3-2-4-15(18)22/h2-8,10,13H,9H2,1H3,(H,23,24). The van der Waals surface area contributed by atoms with E-state index < -0.39 is 21.6 Å². The maximum atomic E-state index is 14.5. The molecule has 1 aliphatic rings. The molecule has 0 radical (unpaired) electrons. The molecule has 4 rings (SSSR count). The summed E-state index contributed by atoms with van der Waals surface area (Å²) in [6, 6.07) is 10.8. The lowest BCUT2D eigenvalue weighted by Crippen LogP contribution is -2.24. The van der Waals surface area contributed by atoms with Crippen molar-refractivity contribution in [3.05, 3.63) is 74.7 Å². The Morgan fingerprint density at radius 3 is 2.57 bits per heavy atom. The summed E-state index contributed by atoms with van der Waals surface area (Å²) in [4.78, 5) is 13.1. The maximum Gasteiger partial charge on any atom is 0.225 e. The number of carbonyl (C=O) groups is 1. The van der Waals surface area contributed by atoms with Crippen LogP contribution in [0.25, 0.3) is 0 Å². The van der Waals surface area contributed by atoms with Crippen LogP contribution in [-0.2, 0) is 14.6 Å². The van der Waals surface area contributed by atoms with Gasteiger partial charge in [0.2, 0.25) is 15.7 Å². The molecule has 0 saturated heterocycles. The number of hydrogen-bond acceptors (Lipinski definition) is 4. The van der Waals surface area contributed by atoms with E-state index in [1.165, 1.54) is 41.0 Å². The summed E-state index contributed by atoms with van der Waals surface area (Å²) in [7, 11) is -3.83. The number of halogens is 2. The van der Waals surface area contributed by atoms with Crippen LogP contribution in [0.2, 0.25) is 5.02 Å². The summed E-state index contributed by atoms with van der Waals surface area (Å²) in [6.07, 6.45) is -0.00180. The van der Waals surface area contributed by atoms with Gasteiger partial charge < -0.3 is 5.32 Å². The fourth-order valence-corrected chi connectivity index (χ4v) is 6.51. The van der Waals surface area contributed by atoms with Crippen molar-refractivity contribution in [1.29, 1.82) is 0 Å². The van der Waals surface area contributed by atoms with Crippen LogP contribution in [0.5, 0.6) is 0 Å². The molecule has 0 aliphatic carbocycles. The van der Waals surface area contributed by atoms with Crippen molar-refractivity contribution in [1.82, 2.24) is 0 Å². The minimum Gasteiger partial charge on any atom is -0.324 e. The Labute approximate surface area is 170 Å². The Bertz CT molecular complexity index is 1170. The lowest BCUT2D eigenvalue weighted by molar-refractivity contribution is -0.116. The third kappa shape index (κ3) is 3.13. The van der Waals surface area contributed by atoms with Crippen LogP contribution in [-0.4, -0.2) is 14.3 Å². The average Bonchev–Trinajstić information content (AvgIpc) is 3.06. The third-order valence-corrected chi connectivity index (χ3v) is 8.09. The molecule has 1 aromatic heterocycles. The van der Waals surface area contributed by atoms with Gasteiger partial charge in [-0.1, -0.05) is 35.4 Å². The molecule has 144 valence electrons. The first-order valence-electron chi connectivity index (χ1n) is 8.46. The van der Waals surface area contributed by atoms with Crippen LogP contribution in [0, 0.1) is 12.7 Å². The van der Waals surface area contributed by atoms with E-state index in [0.717, 1.165) is 5.56 Å². The summed E-state index contributed by atoms with van der Waals surface area (Å²) >= 11 is 7.38. The number of carbonyl (C=O) groups excluding carboxylic acids is 1. The Morgan fingerprint density at radius 1 is 1.18 bits per heavy atom. The molecule has 1 amide bonds. The van der Waals surface area contributed by atoms with Gasteiger partial charge in [-0.2, -0.15) is 0 Å². The molecule has 3 aromatic rings. The number of aryl methyl sites for hydroxylation is 1. The second-order valence-corrected chi connectivity index (χ2v) is 9.83. The van der Waals surface area contributed by atoms with Crippen LogP contribution in [0.1, 0.15) is 28.3 Å². The number of rotatable bonds is 3. The molecule has 2 aromatic carbocycles. The number of sulfone groups is 1. The fourth-order valence-electron chi connectivity index (χ4n) is 3.32. The Morgan fingerprint density at radius 2 is 1.89 bits per heavy atom. The highest BCUT2D eigenvalue weighted by molar-refractivity contribution is 7.91. The molecule has 0 saturated carbocycles. The number of hydrogen-bond donors (Lipinski definition) is 1. The first kappa shape index (κ1) is 19.1. The topological polar surface area (TPSA) is 63.2 Å². The first-order chi connectivity index (χ1) is 13.3. The van der Waals surface area contributed by atoms with E-state index in [4.69, 9.17) is 11.6 Å². The van der Waals surface area contributed by atoms with Gasteiger partial charge in [-0.05, 0) is 31.2 Å². The second kappa shape index (κ2) is 6.99. The number of anilines is 1. The van der Waals surface area contributed by atoms with Crippen molar-refractivity contribution in [3.63, 3.8) is 0 Å². The van der Waals surface area contributed by atoms with Gasteiger partial charge >= 0.3 is 0 Å². The summed E-state index contributed by atoms with van der Waals surface area (Å²) in [5, 5.41) is 4.36. The summed E-state index contributed by atoms with van der Waals surface area (Å²) < 4.78 is 40.7. The quantitative estimate of drug-likeness (QED) is 0.618. The lowest BCUT2D eigenvalue weighted by Gasteiger charge is -2.24. The van der Waals surface area contributed by atoms with Crippen molar-refractivity contribution in [2.45, 2.75) is 29.1 Å². The molecule has 1 unspecified atom stereocenters. The Balaban J connectivity index is 1.87. The highest BCUT2D eigenvalue weighted by Gasteiger charge is 2.36. The second-order valence-electron chi connectivity index (χ2n) is 6.60. The van der Waals surface area contributed by atoms with Crippen molar-refractivity contribution in [2.75, 3.05) is 5.32 Å². The largest absolute Gasteiger partial charge is 0.324 e. The maximum absolute atomic E-state index is 14.5. The van der Waals surface area contributed by atoms with Gasteiger partial charge in [0.1, 0.15) is 10.7 Å². The third-order valence-electron chi connectivity index (χ3n) is 4.73. The predicted octanol–water partition coefficient (Wildman–Crippen LogP) is 5.16. The predicted molar refractivity (Wildman–Crippen MR) is 107 cm³/mol. The van der Waals surface area contributed by atoms with Crippen LogP contribution >= 0.6 is 22.9 Å². The van der Waals surface area contributed by atoms with Crippen molar-refractivity contribution >= 4 is 44.4 Å². The van der Waals surface area contributed by atoms with E-state index >= 15 is 0 Å². The highest BCUT2D eigenvalue weighted by atomic mass is 35.5. The molecule has 8 heteroatoms. The summed E-state index contributed by atoms with van der Waals surface area (Å²) in [6.45, 7) is 1.87. The zero-order valence-electron chi connectivity index (χ0n) is 14.7. The van der Waals surface area contributed by atoms with Crippen LogP contribution in [0.4, 0.5) is 10.1 Å². The van der Waals surface area contributed by atoms with Crippen molar-refractivity contribution in [2.24, 2.45) is 0 Å². The summed E-state index contributed by atoms with van der Waals surface area (Å²) in [5.74, 6) is -1.53. The van der Waals surface area contributed by atoms with Gasteiger partial charge in [0, 0.05) is 33.2 Å². The van der Waals surface area contributed by atoms with E-state index in [1.54, 1.807) is 18.2 Å². The summed E-state index contributed by atoms with van der Waals surface area (Å²) in [5.41, 5.74) is 1.36. The minimum absolute atomic E-state index is 0.00180. The molecule has 2 heterocycles. The van der Waals surface area contributed by atoms with E-state index in [1.807, 2.05) is 6.92 Å². The fraction of sp³-hybridized carbons (Fsp3) is 0.150. The molecular formula is C20H15ClFNO3S2. The van der Waals surface area contributed by atoms with Crippen molar-refractivity contribution in [3.8, 4) is 0 Å². The van der Waals surface area contributed by atoms with Crippen molar-refractivity contribution < 1.29 is 17.6 Å². The van der Waals surface area contributed by atoms with Gasteiger partial charge in [0.25, 0.3) is 0 Å². The normalized spacial score (nSPS) is 16.5. The van der Waals surface area contributed by atoms with E-state index in [9.17, 15) is 17.6 Å². The number of nitrogens with one attached hydrogen (secondary N) is 1. The SMILES string of the molecule is Cc1ccc(S(=O)(=O)c2csc3c2NC(=O)CC3c2c(F)cccc2Cl)cc1. The Hall–Kier alpha value is -2.22. The monoisotopic (exact) mass is 435 g/mol. The van der Waals surface area contributed by atoms with Crippen LogP contribution in [0.3, 0.4) is 0 Å². The molecule has 0 fully saturated rings. The van der Waals surface area contributed by atoms with Gasteiger partial charge in [-0.3, -0.25) is 4.79 Å². The smallest absolute Gasteiger partial charge is 0.225 e. The van der Waals surface area contributed by atoms with Gasteiger partial charge in [-0.25, -0.2) is 12.8 Å². The molecule has 28 heavy (non-hydrogen) atoms. The zero-order valence-corrected chi connectivity index (χ0v) is 17.1. The van der Waals surface area contributed by atoms with Gasteiger partial charge in [0.05, 0.1) is 10.6 Å². The number of thiophene rings is 1. The number of benzene rings is 2. The van der Waals surface area contributed by atoms with Gasteiger partial charge in [-0.15, -0.1) is 11.3 Å². The Kier molecular flexibility index (Phi) is 4.77. The molecule has 0 spiro atoms. The zero-order chi connectivity index (χ0) is 20.1. The molecule has 1 N–H and O–H groups in total. The number of amides is 1. The van der Waals surface area contributed by atoms with Crippen LogP contribution in [0.15, 0.2) is 57.6 Å². The van der Waals surface area contributed by atoms with E-state index in [2.05, 4.69) is 5.32 Å². The minimum atomic E-state index is -3.83. The molecule has 0 bridgehead atoms. The average molecular weight is 436 g/mol. The van der Waals surface area contributed by atoms with E-state index in [0.29, 0.717) is 4.88 Å². The number of fused-ring (bicyclic) bond motifs is 1.